The Hall–Kier alpha value is -2.29. The number of nitrogens with zero attached hydrogens (tertiary/aromatic N) is 2. The summed E-state index contributed by atoms with van der Waals surface area (Å²) in [7, 11) is 1.74. The highest BCUT2D eigenvalue weighted by Crippen LogP contribution is 2.29. The second-order valence-corrected chi connectivity index (χ2v) is 10.5. The van der Waals surface area contributed by atoms with Crippen molar-refractivity contribution in [1.29, 1.82) is 0 Å². The van der Waals surface area contributed by atoms with Gasteiger partial charge in [-0.05, 0) is 37.4 Å². The van der Waals surface area contributed by atoms with Crippen molar-refractivity contribution >= 4 is 23.2 Å². The van der Waals surface area contributed by atoms with Crippen LogP contribution in [0.3, 0.4) is 0 Å². The smallest absolute Gasteiger partial charge is 0.243 e. The van der Waals surface area contributed by atoms with Crippen LogP contribution in [0.15, 0.2) is 29.8 Å². The Balaban J connectivity index is 1.70. The number of hydrogen-bond donors (Lipinski definition) is 3. The highest BCUT2D eigenvalue weighted by molar-refractivity contribution is 7.13. The number of aryl methyl sites for hydroxylation is 1. The molecule has 0 saturated carbocycles. The maximum Gasteiger partial charge on any atom is 0.243 e. The molecule has 1 aromatic carbocycles. The molecule has 3 rings (SSSR count). The van der Waals surface area contributed by atoms with Crippen LogP contribution in [-0.4, -0.2) is 58.6 Å². The van der Waals surface area contributed by atoms with E-state index in [9.17, 15) is 14.7 Å². The van der Waals surface area contributed by atoms with Crippen molar-refractivity contribution < 1.29 is 14.7 Å². The number of aliphatic hydroxyl groups is 1. The van der Waals surface area contributed by atoms with E-state index in [1.54, 1.807) is 18.4 Å². The van der Waals surface area contributed by atoms with E-state index in [-0.39, 0.29) is 36.2 Å². The summed E-state index contributed by atoms with van der Waals surface area (Å²) in [5, 5.41) is 16.3. The van der Waals surface area contributed by atoms with Gasteiger partial charge in [-0.1, -0.05) is 45.0 Å². The molecule has 1 fully saturated rings. The molecule has 32 heavy (non-hydrogen) atoms. The van der Waals surface area contributed by atoms with Crippen LogP contribution in [0, 0.1) is 12.3 Å². The zero-order valence-electron chi connectivity index (χ0n) is 19.7. The fourth-order valence-corrected chi connectivity index (χ4v) is 5.11. The third kappa shape index (κ3) is 5.19. The molecule has 4 atom stereocenters. The van der Waals surface area contributed by atoms with Crippen molar-refractivity contribution in [2.45, 2.75) is 65.3 Å². The lowest BCUT2D eigenvalue weighted by atomic mass is 9.86. The summed E-state index contributed by atoms with van der Waals surface area (Å²) < 4.78 is 0. The maximum atomic E-state index is 13.2. The van der Waals surface area contributed by atoms with Gasteiger partial charge in [0.1, 0.15) is 6.04 Å². The Labute approximate surface area is 194 Å². The summed E-state index contributed by atoms with van der Waals surface area (Å²) in [6.07, 6.45) is -0.460. The summed E-state index contributed by atoms with van der Waals surface area (Å²) in [4.78, 5) is 33.3. The molecule has 0 unspecified atom stereocenters. The Morgan fingerprint density at radius 1 is 1.25 bits per heavy atom. The number of carbonyl (C=O) groups excluding carboxylic acids is 2. The van der Waals surface area contributed by atoms with E-state index in [1.165, 1.54) is 4.90 Å². The lowest BCUT2D eigenvalue weighted by Crippen LogP contribution is -2.56. The summed E-state index contributed by atoms with van der Waals surface area (Å²) in [5.74, 6) is -0.401. The Kier molecular flexibility index (Phi) is 7.37. The van der Waals surface area contributed by atoms with E-state index in [0.29, 0.717) is 0 Å². The number of likely N-dealkylation sites (N-methyl/N-ethyl adjacent to an activating group) is 1. The van der Waals surface area contributed by atoms with Crippen LogP contribution in [-0.2, 0) is 9.59 Å². The molecule has 2 heterocycles. The third-order valence-corrected chi connectivity index (χ3v) is 7.02. The van der Waals surface area contributed by atoms with Crippen molar-refractivity contribution in [3.63, 3.8) is 0 Å². The lowest BCUT2D eigenvalue weighted by Gasteiger charge is -2.34. The van der Waals surface area contributed by atoms with Crippen LogP contribution in [0.5, 0.6) is 0 Å². The van der Waals surface area contributed by atoms with E-state index in [4.69, 9.17) is 0 Å². The number of aromatic nitrogens is 1. The third-order valence-electron chi connectivity index (χ3n) is 6.04. The SMILES string of the molecule is CN[C@@H](C(=O)N1C[C@@H](O)C[C@@H]1C(=O)N[C@@H](C)c1ccc(-c2scnc2C)cc1)C(C)(C)C. The molecule has 1 aliphatic rings. The van der Waals surface area contributed by atoms with E-state index in [0.717, 1.165) is 21.7 Å². The van der Waals surface area contributed by atoms with Gasteiger partial charge in [0.05, 0.1) is 34.3 Å². The second-order valence-electron chi connectivity index (χ2n) is 9.60. The molecule has 2 aromatic rings. The largest absolute Gasteiger partial charge is 0.391 e. The number of thiazole rings is 1. The van der Waals surface area contributed by atoms with Gasteiger partial charge < -0.3 is 20.6 Å². The number of benzene rings is 1. The maximum absolute atomic E-state index is 13.2. The number of likely N-dealkylation sites (tertiary alicyclic amines) is 1. The number of nitrogens with one attached hydrogen (secondary N) is 2. The Morgan fingerprint density at radius 3 is 2.44 bits per heavy atom. The summed E-state index contributed by atoms with van der Waals surface area (Å²) in [5.41, 5.74) is 4.60. The fraction of sp³-hybridized carbons (Fsp3) is 0.542. The van der Waals surface area contributed by atoms with Crippen molar-refractivity contribution in [3.8, 4) is 10.4 Å². The van der Waals surface area contributed by atoms with E-state index >= 15 is 0 Å². The minimum absolute atomic E-state index is 0.159. The monoisotopic (exact) mass is 458 g/mol. The van der Waals surface area contributed by atoms with E-state index in [2.05, 4.69) is 15.6 Å². The zero-order chi connectivity index (χ0) is 23.6. The van der Waals surface area contributed by atoms with Crippen LogP contribution in [0.4, 0.5) is 0 Å². The normalized spacial score (nSPS) is 20.8. The molecule has 174 valence electrons. The predicted molar refractivity (Wildman–Crippen MR) is 127 cm³/mol. The van der Waals surface area contributed by atoms with Gasteiger partial charge in [0.2, 0.25) is 11.8 Å². The molecular weight excluding hydrogens is 424 g/mol. The molecule has 0 radical (unpaired) electrons. The predicted octanol–water partition coefficient (Wildman–Crippen LogP) is 2.89. The standard InChI is InChI=1S/C24H34N4O3S/c1-14(16-7-9-17(10-8-16)20-15(2)26-13-32-20)27-22(30)19-11-18(29)12-28(19)23(31)21(25-6)24(3,4)5/h7-10,13-14,18-19,21,25,29H,11-12H2,1-6H3,(H,27,30)/t14-,18-,19+,21-/m0/s1. The molecule has 1 aliphatic heterocycles. The van der Waals surface area contributed by atoms with Crippen LogP contribution in [0.1, 0.15) is 51.4 Å². The molecule has 1 saturated heterocycles. The number of aliphatic hydroxyl groups excluding tert-OH is 1. The van der Waals surface area contributed by atoms with Gasteiger partial charge >= 0.3 is 0 Å². The first-order valence-corrected chi connectivity index (χ1v) is 11.9. The number of β-amino-alcohol motifs (C(OH)–C–C–N with tert-alkyl or cyclic N) is 1. The van der Waals surface area contributed by atoms with Crippen LogP contribution >= 0.6 is 11.3 Å². The average molecular weight is 459 g/mol. The van der Waals surface area contributed by atoms with Crippen LogP contribution in [0.25, 0.3) is 10.4 Å². The fourth-order valence-electron chi connectivity index (χ4n) is 4.29. The summed E-state index contributed by atoms with van der Waals surface area (Å²) in [6, 6.07) is 6.73. The Morgan fingerprint density at radius 2 is 1.91 bits per heavy atom. The molecule has 0 aliphatic carbocycles. The highest BCUT2D eigenvalue weighted by atomic mass is 32.1. The lowest BCUT2D eigenvalue weighted by molar-refractivity contribution is -0.142. The van der Waals surface area contributed by atoms with Gasteiger partial charge in [0.15, 0.2) is 0 Å². The number of rotatable bonds is 6. The number of carbonyl (C=O) groups is 2. The molecule has 2 amide bonds. The molecule has 8 heteroatoms. The van der Waals surface area contributed by atoms with Gasteiger partial charge in [-0.2, -0.15) is 0 Å². The van der Waals surface area contributed by atoms with Gasteiger partial charge in [0, 0.05) is 13.0 Å². The van der Waals surface area contributed by atoms with Crippen molar-refractivity contribution in [2.75, 3.05) is 13.6 Å². The van der Waals surface area contributed by atoms with Gasteiger partial charge in [0.25, 0.3) is 0 Å². The minimum Gasteiger partial charge on any atom is -0.391 e. The minimum atomic E-state index is -0.704. The topological polar surface area (TPSA) is 94.6 Å². The van der Waals surface area contributed by atoms with Gasteiger partial charge in [-0.25, -0.2) is 4.98 Å². The van der Waals surface area contributed by atoms with Crippen LogP contribution in [0.2, 0.25) is 0 Å². The van der Waals surface area contributed by atoms with E-state index in [1.807, 2.05) is 64.4 Å². The molecular formula is C24H34N4O3S. The quantitative estimate of drug-likeness (QED) is 0.619. The molecule has 0 bridgehead atoms. The van der Waals surface area contributed by atoms with Crippen molar-refractivity contribution in [3.05, 3.63) is 41.0 Å². The number of hydrogen-bond acceptors (Lipinski definition) is 6. The van der Waals surface area contributed by atoms with E-state index < -0.39 is 18.2 Å². The summed E-state index contributed by atoms with van der Waals surface area (Å²) >= 11 is 1.61. The highest BCUT2D eigenvalue weighted by Gasteiger charge is 2.43. The van der Waals surface area contributed by atoms with Crippen LogP contribution < -0.4 is 10.6 Å². The zero-order valence-corrected chi connectivity index (χ0v) is 20.5. The molecule has 1 aromatic heterocycles. The van der Waals surface area contributed by atoms with Crippen molar-refractivity contribution in [1.82, 2.24) is 20.5 Å². The van der Waals surface area contributed by atoms with Gasteiger partial charge in [-0.3, -0.25) is 9.59 Å². The first-order chi connectivity index (χ1) is 15.0. The number of amides is 2. The molecule has 7 nitrogen and oxygen atoms in total. The van der Waals surface area contributed by atoms with Gasteiger partial charge in [-0.15, -0.1) is 11.3 Å². The summed E-state index contributed by atoms with van der Waals surface area (Å²) in [6.45, 7) is 10.0. The second kappa shape index (κ2) is 9.68. The van der Waals surface area contributed by atoms with Crippen molar-refractivity contribution in [2.24, 2.45) is 5.41 Å². The first kappa shape index (κ1) is 24.4. The molecule has 3 N–H and O–H groups in total. The Bertz CT molecular complexity index is 951. The first-order valence-electron chi connectivity index (χ1n) is 11.0. The molecule has 0 spiro atoms. The average Bonchev–Trinajstić information content (AvgIpc) is 3.33.